The minimum absolute atomic E-state index is 0.0973. The lowest BCUT2D eigenvalue weighted by Gasteiger charge is -2.39. The van der Waals surface area contributed by atoms with E-state index in [2.05, 4.69) is 91.9 Å². The summed E-state index contributed by atoms with van der Waals surface area (Å²) in [5.41, 5.74) is 8.15. The average Bonchev–Trinajstić information content (AvgIpc) is 3.31. The minimum atomic E-state index is -0.0973. The van der Waals surface area contributed by atoms with E-state index in [9.17, 15) is 4.79 Å². The van der Waals surface area contributed by atoms with Gasteiger partial charge in [0.2, 0.25) is 0 Å². The number of nitrogens with zero attached hydrogens (tertiary/aromatic N) is 2. The van der Waals surface area contributed by atoms with Gasteiger partial charge >= 0.3 is 0 Å². The van der Waals surface area contributed by atoms with E-state index in [1.165, 1.54) is 41.8 Å². The van der Waals surface area contributed by atoms with Crippen LogP contribution < -0.4 is 5.32 Å². The topological polar surface area (TPSA) is 37.3 Å². The molecule has 3 atom stereocenters. The number of thioether (sulfide) groups is 1. The zero-order chi connectivity index (χ0) is 25.4. The van der Waals surface area contributed by atoms with Crippen LogP contribution in [-0.2, 0) is 4.79 Å². The van der Waals surface area contributed by atoms with Gasteiger partial charge in [-0.05, 0) is 99.6 Å². The zero-order valence-electron chi connectivity index (χ0n) is 22.0. The van der Waals surface area contributed by atoms with E-state index in [0.717, 1.165) is 28.3 Å². The monoisotopic (exact) mass is 499 g/mol. The number of para-hydroxylation sites is 1. The van der Waals surface area contributed by atoms with Crippen molar-refractivity contribution in [3.8, 4) is 5.69 Å². The number of carbonyl (C=O) groups is 1. The quantitative estimate of drug-likeness (QED) is 0.367. The van der Waals surface area contributed by atoms with Gasteiger partial charge in [-0.2, -0.15) is 0 Å². The lowest BCUT2D eigenvalue weighted by Crippen LogP contribution is -2.48. The Bertz CT molecular complexity index is 1290. The molecule has 1 saturated carbocycles. The van der Waals surface area contributed by atoms with Crippen LogP contribution in [0.2, 0.25) is 0 Å². The van der Waals surface area contributed by atoms with Crippen molar-refractivity contribution in [3.05, 3.63) is 87.6 Å². The van der Waals surface area contributed by atoms with Gasteiger partial charge in [0, 0.05) is 28.8 Å². The summed E-state index contributed by atoms with van der Waals surface area (Å²) in [6.07, 6.45) is 6.83. The van der Waals surface area contributed by atoms with E-state index in [-0.39, 0.29) is 17.4 Å². The number of rotatable bonds is 5. The van der Waals surface area contributed by atoms with Gasteiger partial charge in [0.25, 0.3) is 5.91 Å². The molecule has 1 N–H and O–H groups in total. The Morgan fingerprint density at radius 2 is 1.69 bits per heavy atom. The van der Waals surface area contributed by atoms with Gasteiger partial charge in [-0.3, -0.25) is 4.79 Å². The van der Waals surface area contributed by atoms with Crippen molar-refractivity contribution >= 4 is 29.4 Å². The number of hydrogen-bond acceptors (Lipinski definition) is 3. The number of nitrogens with one attached hydrogen (secondary N) is 1. The minimum Gasteiger partial charge on any atom is -0.356 e. The molecule has 0 radical (unpaired) electrons. The fourth-order valence-corrected chi connectivity index (χ4v) is 6.91. The molecule has 1 aliphatic carbocycles. The third-order valence-electron chi connectivity index (χ3n) is 7.93. The van der Waals surface area contributed by atoms with E-state index in [1.54, 1.807) is 11.8 Å². The van der Waals surface area contributed by atoms with Crippen LogP contribution in [0.4, 0.5) is 5.69 Å². The van der Waals surface area contributed by atoms with E-state index in [1.807, 2.05) is 18.2 Å². The van der Waals surface area contributed by atoms with E-state index < -0.39 is 0 Å². The Morgan fingerprint density at radius 3 is 2.42 bits per heavy atom. The highest BCUT2D eigenvalue weighted by Crippen LogP contribution is 2.42. The van der Waals surface area contributed by atoms with E-state index >= 15 is 0 Å². The Morgan fingerprint density at radius 1 is 0.944 bits per heavy atom. The first-order valence-electron chi connectivity index (χ1n) is 13.1. The number of carbonyl (C=O) groups excluding carboxylic acids is 1. The van der Waals surface area contributed by atoms with Crippen LogP contribution in [-0.4, -0.2) is 26.9 Å². The van der Waals surface area contributed by atoms with Crippen LogP contribution in [0.1, 0.15) is 60.7 Å². The van der Waals surface area contributed by atoms with Crippen molar-refractivity contribution < 1.29 is 4.79 Å². The molecule has 188 valence electrons. The second kappa shape index (κ2) is 10.2. The standard InChI is InChI=1S/C31H37N3OS/c1-20-15-16-27(17-22(20)3)33-23(4)18-25(24(33)5)19-29-30(35)34(28-14-10-9-11-21(28)2)31(36-29)32-26-12-7-6-8-13-26/h6-8,12-13,15-19,21,28,31-32H,9-11,14H2,1-5H3/b29-19-/t21-,28-,31?/m1/s1. The maximum absolute atomic E-state index is 13.9. The molecular weight excluding hydrogens is 462 g/mol. The van der Waals surface area contributed by atoms with Gasteiger partial charge in [-0.1, -0.05) is 55.8 Å². The SMILES string of the molecule is Cc1ccc(-n2c(C)cc(/C=C3\SC(Nc4ccccc4)N([C@@H]4CCCC[C@H]4C)C3=O)c2C)cc1C. The van der Waals surface area contributed by atoms with Gasteiger partial charge in [-0.15, -0.1) is 0 Å². The molecule has 0 spiro atoms. The van der Waals surface area contributed by atoms with E-state index in [4.69, 9.17) is 0 Å². The zero-order valence-corrected chi connectivity index (χ0v) is 22.9. The van der Waals surface area contributed by atoms with Gasteiger partial charge in [-0.25, -0.2) is 0 Å². The first-order chi connectivity index (χ1) is 17.3. The third kappa shape index (κ3) is 4.73. The molecule has 2 heterocycles. The van der Waals surface area contributed by atoms with Crippen molar-refractivity contribution in [2.75, 3.05) is 5.32 Å². The molecule has 5 rings (SSSR count). The number of hydrogen-bond donors (Lipinski definition) is 1. The number of aryl methyl sites for hydroxylation is 3. The third-order valence-corrected chi connectivity index (χ3v) is 9.04. The summed E-state index contributed by atoms with van der Waals surface area (Å²) in [7, 11) is 0. The van der Waals surface area contributed by atoms with Crippen molar-refractivity contribution in [3.63, 3.8) is 0 Å². The summed E-state index contributed by atoms with van der Waals surface area (Å²) in [6.45, 7) is 10.9. The maximum atomic E-state index is 13.9. The van der Waals surface area contributed by atoms with Crippen LogP contribution in [0.15, 0.2) is 59.5 Å². The Balaban J connectivity index is 1.49. The van der Waals surface area contributed by atoms with E-state index in [0.29, 0.717) is 5.92 Å². The van der Waals surface area contributed by atoms with Crippen molar-refractivity contribution in [2.45, 2.75) is 71.8 Å². The first-order valence-corrected chi connectivity index (χ1v) is 14.0. The molecular formula is C31H37N3OS. The van der Waals surface area contributed by atoms with Crippen molar-refractivity contribution in [1.82, 2.24) is 9.47 Å². The normalized spacial score (nSPS) is 23.5. The predicted octanol–water partition coefficient (Wildman–Crippen LogP) is 7.60. The molecule has 4 nitrogen and oxygen atoms in total. The molecule has 2 fully saturated rings. The molecule has 2 aromatic carbocycles. The average molecular weight is 500 g/mol. The Kier molecular flexibility index (Phi) is 7.03. The maximum Gasteiger partial charge on any atom is 0.262 e. The summed E-state index contributed by atoms with van der Waals surface area (Å²) in [6, 6.07) is 19.3. The predicted molar refractivity (Wildman–Crippen MR) is 152 cm³/mol. The Hall–Kier alpha value is -2.92. The fourth-order valence-electron chi connectivity index (χ4n) is 5.70. The number of anilines is 1. The molecule has 0 bridgehead atoms. The van der Waals surface area contributed by atoms with Crippen LogP contribution in [0.5, 0.6) is 0 Å². The molecule has 1 aromatic heterocycles. The molecule has 2 aliphatic rings. The van der Waals surface area contributed by atoms with Gasteiger partial charge in [0.15, 0.2) is 5.50 Å². The molecule has 1 unspecified atom stereocenters. The van der Waals surface area contributed by atoms with Crippen LogP contribution in [0.25, 0.3) is 11.8 Å². The van der Waals surface area contributed by atoms with Crippen molar-refractivity contribution in [1.29, 1.82) is 0 Å². The summed E-state index contributed by atoms with van der Waals surface area (Å²) in [5, 5.41) is 3.65. The van der Waals surface area contributed by atoms with Crippen LogP contribution in [0.3, 0.4) is 0 Å². The molecule has 1 amide bonds. The molecule has 36 heavy (non-hydrogen) atoms. The van der Waals surface area contributed by atoms with Gasteiger partial charge in [0.1, 0.15) is 0 Å². The summed E-state index contributed by atoms with van der Waals surface area (Å²) in [4.78, 5) is 16.9. The largest absolute Gasteiger partial charge is 0.356 e. The molecule has 1 aliphatic heterocycles. The van der Waals surface area contributed by atoms with Gasteiger partial charge < -0.3 is 14.8 Å². The highest BCUT2D eigenvalue weighted by atomic mass is 32.2. The lowest BCUT2D eigenvalue weighted by atomic mass is 9.85. The second-order valence-corrected chi connectivity index (χ2v) is 11.6. The summed E-state index contributed by atoms with van der Waals surface area (Å²) in [5.74, 6) is 0.667. The number of benzene rings is 2. The smallest absolute Gasteiger partial charge is 0.262 e. The fraction of sp³-hybridized carbons (Fsp3) is 0.387. The first kappa shape index (κ1) is 24.8. The molecule has 3 aromatic rings. The highest BCUT2D eigenvalue weighted by molar-refractivity contribution is 8.05. The molecule has 5 heteroatoms. The second-order valence-electron chi connectivity index (χ2n) is 10.5. The summed E-state index contributed by atoms with van der Waals surface area (Å²) >= 11 is 1.65. The van der Waals surface area contributed by atoms with Crippen molar-refractivity contribution in [2.24, 2.45) is 5.92 Å². The van der Waals surface area contributed by atoms with Crippen LogP contribution >= 0.6 is 11.8 Å². The highest BCUT2D eigenvalue weighted by Gasteiger charge is 2.43. The number of amides is 1. The summed E-state index contributed by atoms with van der Waals surface area (Å²) < 4.78 is 2.30. The molecule has 1 saturated heterocycles. The van der Waals surface area contributed by atoms with Gasteiger partial charge in [0.05, 0.1) is 4.91 Å². The van der Waals surface area contributed by atoms with Crippen LogP contribution in [0, 0.1) is 33.6 Å². The Labute approximate surface area is 219 Å². The lowest BCUT2D eigenvalue weighted by molar-refractivity contribution is -0.129. The number of aromatic nitrogens is 1.